The molecule has 0 aliphatic carbocycles. The molecule has 2 N–H and O–H groups in total. The van der Waals surface area contributed by atoms with Crippen LogP contribution in [-0.2, 0) is 4.79 Å². The maximum absolute atomic E-state index is 12.3. The molecule has 1 aromatic rings. The minimum Gasteiger partial charge on any atom is -0.491 e. The standard InChI is InChI=1S/C19H28N2O4/c1-12(2)9-16-18(23)21(19(24)20-16)10-14(22)11-25-17-8-6-5-7-15(17)13(3)4/h5-8,12-14,16,22H,9-11H2,1-4H3,(H,20,24). The normalized spacial score (nSPS) is 18.8. The van der Waals surface area contributed by atoms with Crippen molar-refractivity contribution in [2.45, 2.75) is 52.2 Å². The molecule has 1 aliphatic heterocycles. The highest BCUT2D eigenvalue weighted by molar-refractivity contribution is 6.04. The van der Waals surface area contributed by atoms with Gasteiger partial charge in [0.25, 0.3) is 5.91 Å². The van der Waals surface area contributed by atoms with Gasteiger partial charge < -0.3 is 15.2 Å². The Hall–Kier alpha value is -2.08. The fourth-order valence-electron chi connectivity index (χ4n) is 2.92. The molecule has 3 amide bonds. The van der Waals surface area contributed by atoms with Crippen LogP contribution in [0.15, 0.2) is 24.3 Å². The number of β-amino-alcohol motifs (C(OH)–C–C–N with tert-alkyl or cyclic N) is 1. The van der Waals surface area contributed by atoms with E-state index in [1.54, 1.807) is 0 Å². The van der Waals surface area contributed by atoms with Gasteiger partial charge in [-0.15, -0.1) is 0 Å². The zero-order valence-electron chi connectivity index (χ0n) is 15.4. The largest absolute Gasteiger partial charge is 0.491 e. The number of amides is 3. The first-order chi connectivity index (χ1) is 11.8. The van der Waals surface area contributed by atoms with Crippen LogP contribution in [0.4, 0.5) is 4.79 Å². The number of carbonyl (C=O) groups is 2. The van der Waals surface area contributed by atoms with Crippen LogP contribution < -0.4 is 10.1 Å². The van der Waals surface area contributed by atoms with Gasteiger partial charge in [-0.25, -0.2) is 4.79 Å². The van der Waals surface area contributed by atoms with E-state index < -0.39 is 18.2 Å². The van der Waals surface area contributed by atoms with E-state index in [0.29, 0.717) is 24.0 Å². The van der Waals surface area contributed by atoms with Crippen molar-refractivity contribution >= 4 is 11.9 Å². The number of hydrogen-bond donors (Lipinski definition) is 2. The molecule has 138 valence electrons. The van der Waals surface area contributed by atoms with Crippen molar-refractivity contribution in [1.29, 1.82) is 0 Å². The first-order valence-corrected chi connectivity index (χ1v) is 8.81. The van der Waals surface area contributed by atoms with Crippen LogP contribution in [0.2, 0.25) is 0 Å². The Labute approximate surface area is 149 Å². The number of ether oxygens (including phenoxy) is 1. The number of nitrogens with zero attached hydrogens (tertiary/aromatic N) is 1. The maximum atomic E-state index is 12.3. The van der Waals surface area contributed by atoms with Gasteiger partial charge in [0, 0.05) is 0 Å². The van der Waals surface area contributed by atoms with Crippen molar-refractivity contribution in [2.24, 2.45) is 5.92 Å². The molecular weight excluding hydrogens is 320 g/mol. The zero-order chi connectivity index (χ0) is 18.6. The topological polar surface area (TPSA) is 78.9 Å². The average Bonchev–Trinajstić information content (AvgIpc) is 2.80. The molecule has 1 aliphatic rings. The fourth-order valence-corrected chi connectivity index (χ4v) is 2.92. The third-order valence-electron chi connectivity index (χ3n) is 4.18. The highest BCUT2D eigenvalue weighted by Crippen LogP contribution is 2.26. The third-order valence-corrected chi connectivity index (χ3v) is 4.18. The van der Waals surface area contributed by atoms with Crippen LogP contribution >= 0.6 is 0 Å². The van der Waals surface area contributed by atoms with E-state index in [1.807, 2.05) is 38.1 Å². The predicted octanol–water partition coefficient (Wildman–Crippen LogP) is 2.52. The van der Waals surface area contributed by atoms with Gasteiger partial charge in [-0.2, -0.15) is 0 Å². The Morgan fingerprint density at radius 3 is 2.52 bits per heavy atom. The SMILES string of the molecule is CC(C)CC1NC(=O)N(CC(O)COc2ccccc2C(C)C)C1=O. The van der Waals surface area contributed by atoms with Crippen LogP contribution in [0.1, 0.15) is 45.6 Å². The van der Waals surface area contributed by atoms with E-state index in [4.69, 9.17) is 4.74 Å². The number of hydrogen-bond acceptors (Lipinski definition) is 4. The number of imide groups is 1. The van der Waals surface area contributed by atoms with Crippen LogP contribution in [0.25, 0.3) is 0 Å². The number of rotatable bonds is 8. The predicted molar refractivity (Wildman–Crippen MR) is 95.5 cm³/mol. The number of aliphatic hydroxyl groups excluding tert-OH is 1. The first-order valence-electron chi connectivity index (χ1n) is 8.81. The quantitative estimate of drug-likeness (QED) is 0.708. The van der Waals surface area contributed by atoms with Crippen LogP contribution in [0.5, 0.6) is 5.75 Å². The number of urea groups is 1. The van der Waals surface area contributed by atoms with E-state index in [9.17, 15) is 14.7 Å². The lowest BCUT2D eigenvalue weighted by atomic mass is 10.0. The van der Waals surface area contributed by atoms with E-state index in [2.05, 4.69) is 19.2 Å². The molecule has 6 nitrogen and oxygen atoms in total. The maximum Gasteiger partial charge on any atom is 0.324 e. The summed E-state index contributed by atoms with van der Waals surface area (Å²) in [4.78, 5) is 25.3. The molecule has 25 heavy (non-hydrogen) atoms. The molecule has 0 spiro atoms. The second-order valence-electron chi connectivity index (χ2n) is 7.24. The number of para-hydroxylation sites is 1. The second kappa shape index (κ2) is 8.34. The summed E-state index contributed by atoms with van der Waals surface area (Å²) in [6, 6.07) is 6.72. The second-order valence-corrected chi connectivity index (χ2v) is 7.24. The minimum absolute atomic E-state index is 0.0235. The van der Waals surface area contributed by atoms with Gasteiger partial charge in [-0.3, -0.25) is 9.69 Å². The molecule has 0 radical (unpaired) electrons. The molecular formula is C19H28N2O4. The Bertz CT molecular complexity index is 615. The summed E-state index contributed by atoms with van der Waals surface area (Å²) in [6.45, 7) is 8.09. The van der Waals surface area contributed by atoms with Crippen molar-refractivity contribution in [3.05, 3.63) is 29.8 Å². The van der Waals surface area contributed by atoms with Gasteiger partial charge in [0.1, 0.15) is 24.5 Å². The molecule has 0 saturated carbocycles. The molecule has 0 aromatic heterocycles. The molecule has 1 aromatic carbocycles. The lowest BCUT2D eigenvalue weighted by molar-refractivity contribution is -0.128. The van der Waals surface area contributed by atoms with Gasteiger partial charge in [0.05, 0.1) is 6.54 Å². The zero-order valence-corrected chi connectivity index (χ0v) is 15.4. The Morgan fingerprint density at radius 1 is 1.20 bits per heavy atom. The monoisotopic (exact) mass is 348 g/mol. The van der Waals surface area contributed by atoms with Crippen LogP contribution in [0, 0.1) is 5.92 Å². The van der Waals surface area contributed by atoms with Crippen molar-refractivity contribution in [3.8, 4) is 5.75 Å². The van der Waals surface area contributed by atoms with Gasteiger partial charge >= 0.3 is 6.03 Å². The summed E-state index contributed by atoms with van der Waals surface area (Å²) >= 11 is 0. The molecule has 1 fully saturated rings. The summed E-state index contributed by atoms with van der Waals surface area (Å²) in [5, 5.41) is 12.9. The Kier molecular flexibility index (Phi) is 6.42. The van der Waals surface area contributed by atoms with Crippen LogP contribution in [0.3, 0.4) is 0 Å². The molecule has 2 atom stereocenters. The van der Waals surface area contributed by atoms with E-state index in [-0.39, 0.29) is 19.1 Å². The molecule has 1 saturated heterocycles. The average molecular weight is 348 g/mol. The van der Waals surface area contributed by atoms with E-state index in [1.165, 1.54) is 0 Å². The summed E-state index contributed by atoms with van der Waals surface area (Å²) in [5.41, 5.74) is 1.06. The summed E-state index contributed by atoms with van der Waals surface area (Å²) in [6.07, 6.45) is -0.345. The van der Waals surface area contributed by atoms with Gasteiger partial charge in [-0.05, 0) is 29.9 Å². The molecule has 6 heteroatoms. The van der Waals surface area contributed by atoms with E-state index >= 15 is 0 Å². The smallest absolute Gasteiger partial charge is 0.324 e. The summed E-state index contributed by atoms with van der Waals surface area (Å²) in [7, 11) is 0. The van der Waals surface area contributed by atoms with Gasteiger partial charge in [-0.1, -0.05) is 45.9 Å². The minimum atomic E-state index is -0.937. The molecule has 0 bridgehead atoms. The van der Waals surface area contributed by atoms with Crippen molar-refractivity contribution in [3.63, 3.8) is 0 Å². The molecule has 2 rings (SSSR count). The Balaban J connectivity index is 1.91. The summed E-state index contributed by atoms with van der Waals surface area (Å²) in [5.74, 6) is 1.04. The highest BCUT2D eigenvalue weighted by Gasteiger charge is 2.38. The summed E-state index contributed by atoms with van der Waals surface area (Å²) < 4.78 is 5.71. The van der Waals surface area contributed by atoms with Crippen molar-refractivity contribution in [2.75, 3.05) is 13.2 Å². The fraction of sp³-hybridized carbons (Fsp3) is 0.579. The lowest BCUT2D eigenvalue weighted by Gasteiger charge is -2.20. The van der Waals surface area contributed by atoms with Gasteiger partial charge in [0.2, 0.25) is 0 Å². The Morgan fingerprint density at radius 2 is 1.88 bits per heavy atom. The number of nitrogens with one attached hydrogen (secondary N) is 1. The molecule has 1 heterocycles. The van der Waals surface area contributed by atoms with Gasteiger partial charge in [0.15, 0.2) is 0 Å². The van der Waals surface area contributed by atoms with Crippen molar-refractivity contribution < 1.29 is 19.4 Å². The number of aliphatic hydroxyl groups is 1. The van der Waals surface area contributed by atoms with Crippen molar-refractivity contribution in [1.82, 2.24) is 10.2 Å². The molecule has 2 unspecified atom stereocenters. The number of carbonyl (C=O) groups excluding carboxylic acids is 2. The number of benzene rings is 1. The third kappa shape index (κ3) is 4.95. The highest BCUT2D eigenvalue weighted by atomic mass is 16.5. The first kappa shape index (κ1) is 19.2. The lowest BCUT2D eigenvalue weighted by Crippen LogP contribution is -2.40. The van der Waals surface area contributed by atoms with E-state index in [0.717, 1.165) is 10.5 Å². The van der Waals surface area contributed by atoms with Crippen LogP contribution in [-0.4, -0.2) is 47.2 Å².